The zero-order valence-corrected chi connectivity index (χ0v) is 32.6. The molecule has 2 unspecified atom stereocenters. The van der Waals surface area contributed by atoms with Crippen molar-refractivity contribution >= 4 is 40.0 Å². The fraction of sp³-hybridized carbons (Fsp3) is 0.120. The van der Waals surface area contributed by atoms with Crippen molar-refractivity contribution in [3.05, 3.63) is 225 Å². The number of benzene rings is 8. The van der Waals surface area contributed by atoms with Crippen LogP contribution in [0.2, 0.25) is 0 Å². The van der Waals surface area contributed by atoms with Gasteiger partial charge in [0.25, 0.3) is 0 Å². The number of aryl methyl sites for hydroxylation is 4. The minimum absolute atomic E-state index is 0.556. The van der Waals surface area contributed by atoms with Gasteiger partial charge in [0, 0.05) is 0 Å². The van der Waals surface area contributed by atoms with Crippen LogP contribution in [0.5, 0.6) is 0 Å². The van der Waals surface area contributed by atoms with E-state index in [2.05, 4.69) is 216 Å². The molecule has 52 heavy (non-hydrogen) atoms. The number of hydrogen-bond donors (Lipinski definition) is 0. The highest BCUT2D eigenvalue weighted by molar-refractivity contribution is 7.19. The molecular weight excluding hydrogens is 662 g/mol. The van der Waals surface area contributed by atoms with E-state index in [1.54, 1.807) is 0 Å². The summed E-state index contributed by atoms with van der Waals surface area (Å²) in [5, 5.41) is 3.83. The predicted octanol–water partition coefficient (Wildman–Crippen LogP) is 13.2. The molecule has 0 radical (unpaired) electrons. The highest BCUT2D eigenvalue weighted by Crippen LogP contribution is 2.57. The fourth-order valence-corrected chi connectivity index (χ4v) is 10.4. The van der Waals surface area contributed by atoms with Crippen molar-refractivity contribution in [1.82, 2.24) is 0 Å². The molecule has 2 heteroatoms. The van der Waals surface area contributed by atoms with Crippen molar-refractivity contribution in [1.29, 1.82) is 0 Å². The van der Waals surface area contributed by atoms with Gasteiger partial charge in [0.1, 0.15) is 0 Å². The van der Waals surface area contributed by atoms with Crippen LogP contribution in [0.1, 0.15) is 55.6 Å². The molecule has 0 bridgehead atoms. The molecule has 8 aromatic carbocycles. The Hall–Kier alpha value is -4.86. The summed E-state index contributed by atoms with van der Waals surface area (Å²) in [4.78, 5) is 0. The van der Waals surface area contributed by atoms with Gasteiger partial charge in [-0.3, -0.25) is 0 Å². The van der Waals surface area contributed by atoms with E-state index in [1.807, 2.05) is 0 Å². The molecule has 2 atom stereocenters. The number of hydrogen-bond acceptors (Lipinski definition) is 0. The quantitative estimate of drug-likeness (QED) is 0.114. The monoisotopic (exact) mass is 706 g/mol. The first-order valence-electron chi connectivity index (χ1n) is 18.1. The molecule has 0 spiro atoms. The summed E-state index contributed by atoms with van der Waals surface area (Å²) in [7, 11) is 6.81. The molecule has 0 aliphatic heterocycles. The Morgan fingerprint density at radius 3 is 0.865 bits per heavy atom. The highest BCUT2D eigenvalue weighted by atomic mass is 31.0. The molecule has 0 N–H and O–H groups in total. The van der Waals surface area contributed by atoms with Crippen LogP contribution in [0.3, 0.4) is 0 Å². The van der Waals surface area contributed by atoms with E-state index < -0.39 is 10.3 Å². The van der Waals surface area contributed by atoms with E-state index in [4.69, 9.17) is 0 Å². The molecular formula is C50H44P2. The summed E-state index contributed by atoms with van der Waals surface area (Å²) in [6.07, 6.45) is 0. The second-order valence-electron chi connectivity index (χ2n) is 14.3. The lowest BCUT2D eigenvalue weighted by Crippen LogP contribution is -2.27. The minimum Gasteiger partial charge on any atom is -0.117 e. The first kappa shape index (κ1) is 34.2. The molecule has 0 heterocycles. The van der Waals surface area contributed by atoms with E-state index >= 15 is 0 Å². The summed E-state index contributed by atoms with van der Waals surface area (Å²) in [6.45, 7) is 9.00. The molecule has 0 saturated carbocycles. The van der Waals surface area contributed by atoms with E-state index in [0.29, 0.717) is 0 Å². The molecule has 8 aromatic rings. The average Bonchev–Trinajstić information content (AvgIpc) is 3.17. The average molecular weight is 707 g/mol. The van der Waals surface area contributed by atoms with Crippen LogP contribution in [0.15, 0.2) is 170 Å². The van der Waals surface area contributed by atoms with E-state index in [-0.39, 0.29) is 0 Å². The third kappa shape index (κ3) is 5.44. The molecule has 0 aliphatic rings. The molecule has 0 amide bonds. The van der Waals surface area contributed by atoms with Crippen molar-refractivity contribution in [2.24, 2.45) is 0 Å². The first-order chi connectivity index (χ1) is 25.2. The van der Waals surface area contributed by atoms with Crippen LogP contribution in [0, 0.1) is 27.7 Å². The van der Waals surface area contributed by atoms with E-state index in [0.717, 1.165) is 0 Å². The standard InChI is InChI=1S/C50H44P2/c1-33-17-5-13-25-41(33)49(51,42-26-14-6-18-34(42)2)45-31-29-37-21-9-11-23-39(37)47(45)48-40-24-12-10-22-38(40)30-32-46(48)50(52,43-27-15-7-19-35(43)3)44-28-16-8-20-36(44)4/h5-32H,51-52H2,1-4H3. The molecule has 0 saturated heterocycles. The van der Waals surface area contributed by atoms with Gasteiger partial charge in [-0.25, -0.2) is 0 Å². The van der Waals surface area contributed by atoms with Crippen molar-refractivity contribution in [3.8, 4) is 11.1 Å². The van der Waals surface area contributed by atoms with Crippen LogP contribution in [0.25, 0.3) is 32.7 Å². The molecule has 0 nitrogen and oxygen atoms in total. The summed E-state index contributed by atoms with van der Waals surface area (Å²) in [5.41, 5.74) is 15.2. The second-order valence-corrected chi connectivity index (χ2v) is 16.0. The number of rotatable bonds is 7. The predicted molar refractivity (Wildman–Crippen MR) is 231 cm³/mol. The maximum atomic E-state index is 3.40. The van der Waals surface area contributed by atoms with Gasteiger partial charge in [-0.15, -0.1) is 18.5 Å². The van der Waals surface area contributed by atoms with Crippen LogP contribution >= 0.6 is 18.5 Å². The Balaban J connectivity index is 1.62. The third-order valence-corrected chi connectivity index (χ3v) is 13.1. The summed E-state index contributed by atoms with van der Waals surface area (Å²) >= 11 is 0. The van der Waals surface area contributed by atoms with Crippen LogP contribution in [-0.4, -0.2) is 0 Å². The molecule has 8 rings (SSSR count). The Labute approximate surface area is 313 Å². The first-order valence-corrected chi connectivity index (χ1v) is 19.3. The van der Waals surface area contributed by atoms with Crippen molar-refractivity contribution in [2.45, 2.75) is 38.0 Å². The lowest BCUT2D eigenvalue weighted by atomic mass is 9.72. The van der Waals surface area contributed by atoms with Crippen LogP contribution < -0.4 is 0 Å². The Morgan fingerprint density at radius 2 is 0.558 bits per heavy atom. The maximum Gasteiger partial charge on any atom is 0.0602 e. The topological polar surface area (TPSA) is 0 Å². The Kier molecular flexibility index (Phi) is 8.96. The SMILES string of the molecule is Cc1ccccc1C(P)(c1ccccc1C)c1ccc2ccccc2c1-c1c(C(P)(c2ccccc2C)c2ccccc2C)ccc2ccccc12. The number of fused-ring (bicyclic) bond motifs is 2. The van der Waals surface area contributed by atoms with Gasteiger partial charge in [-0.2, -0.15) is 0 Å². The zero-order chi connectivity index (χ0) is 36.0. The maximum absolute atomic E-state index is 3.40. The molecule has 0 aliphatic carbocycles. The van der Waals surface area contributed by atoms with Gasteiger partial charge in [-0.1, -0.05) is 170 Å². The fourth-order valence-electron chi connectivity index (χ4n) is 8.67. The van der Waals surface area contributed by atoms with Gasteiger partial charge < -0.3 is 0 Å². The minimum atomic E-state index is -0.556. The lowest BCUT2D eigenvalue weighted by Gasteiger charge is -2.39. The van der Waals surface area contributed by atoms with Gasteiger partial charge in [-0.05, 0) is 116 Å². The second kappa shape index (κ2) is 13.6. The largest absolute Gasteiger partial charge is 0.117 e. The van der Waals surface area contributed by atoms with Crippen LogP contribution in [0.4, 0.5) is 0 Å². The molecule has 0 aromatic heterocycles. The summed E-state index contributed by atoms with van der Waals surface area (Å²) in [6, 6.07) is 63.0. The molecule has 0 fully saturated rings. The summed E-state index contributed by atoms with van der Waals surface area (Å²) < 4.78 is 0. The van der Waals surface area contributed by atoms with Crippen molar-refractivity contribution in [3.63, 3.8) is 0 Å². The van der Waals surface area contributed by atoms with Crippen LogP contribution in [-0.2, 0) is 10.3 Å². The van der Waals surface area contributed by atoms with E-state index in [9.17, 15) is 0 Å². The third-order valence-electron chi connectivity index (χ3n) is 11.2. The Morgan fingerprint density at radius 1 is 0.288 bits per heavy atom. The Bertz CT molecular complexity index is 2340. The summed E-state index contributed by atoms with van der Waals surface area (Å²) in [5.74, 6) is 0. The zero-order valence-electron chi connectivity index (χ0n) is 30.3. The lowest BCUT2D eigenvalue weighted by molar-refractivity contribution is 0.868. The molecule has 254 valence electrons. The van der Waals surface area contributed by atoms with Gasteiger partial charge in [0.05, 0.1) is 10.3 Å². The van der Waals surface area contributed by atoms with E-state index in [1.165, 1.54) is 88.3 Å². The highest BCUT2D eigenvalue weighted by Gasteiger charge is 2.41. The van der Waals surface area contributed by atoms with Gasteiger partial charge in [0.2, 0.25) is 0 Å². The van der Waals surface area contributed by atoms with Gasteiger partial charge in [0.15, 0.2) is 0 Å². The normalized spacial score (nSPS) is 12.0. The van der Waals surface area contributed by atoms with Crippen molar-refractivity contribution < 1.29 is 0 Å². The van der Waals surface area contributed by atoms with Gasteiger partial charge >= 0.3 is 0 Å². The smallest absolute Gasteiger partial charge is 0.0602 e. The van der Waals surface area contributed by atoms with Crippen molar-refractivity contribution in [2.75, 3.05) is 0 Å².